The Hall–Kier alpha value is -3.65. The zero-order valence-electron chi connectivity index (χ0n) is 16.2. The number of benzene rings is 3. The highest BCUT2D eigenvalue weighted by Crippen LogP contribution is 2.21. The lowest BCUT2D eigenvalue weighted by atomic mass is 10.1. The van der Waals surface area contributed by atoms with Crippen molar-refractivity contribution in [2.45, 2.75) is 11.4 Å². The largest absolute Gasteiger partial charge is 0.465 e. The monoisotopic (exact) mass is 424 g/mol. The van der Waals surface area contributed by atoms with E-state index < -0.39 is 21.9 Å². The van der Waals surface area contributed by atoms with Gasteiger partial charge >= 0.3 is 5.97 Å². The summed E-state index contributed by atoms with van der Waals surface area (Å²) in [4.78, 5) is 24.1. The minimum atomic E-state index is -3.97. The fourth-order valence-corrected chi connectivity index (χ4v) is 3.82. The first-order chi connectivity index (χ1) is 14.4. The van der Waals surface area contributed by atoms with Crippen LogP contribution < -0.4 is 10.0 Å². The standard InChI is InChI=1S/C22H20N2O5S/c1-29-22(26)17-11-13-18(14-12-17)30(27,28)24-20-10-6-5-9-19(20)21(25)23-15-16-7-3-2-4-8-16/h2-14,24H,15H2,1H3,(H,23,25). The van der Waals surface area contributed by atoms with Gasteiger partial charge in [0, 0.05) is 6.54 Å². The zero-order valence-corrected chi connectivity index (χ0v) is 17.0. The molecule has 2 N–H and O–H groups in total. The van der Waals surface area contributed by atoms with Crippen molar-refractivity contribution in [2.75, 3.05) is 11.8 Å². The van der Waals surface area contributed by atoms with Crippen molar-refractivity contribution in [1.29, 1.82) is 0 Å². The molecule has 30 heavy (non-hydrogen) atoms. The predicted molar refractivity (Wildman–Crippen MR) is 113 cm³/mol. The number of esters is 1. The number of carbonyl (C=O) groups excluding carboxylic acids is 2. The van der Waals surface area contributed by atoms with Crippen molar-refractivity contribution in [3.8, 4) is 0 Å². The van der Waals surface area contributed by atoms with Crippen LogP contribution >= 0.6 is 0 Å². The maximum Gasteiger partial charge on any atom is 0.337 e. The summed E-state index contributed by atoms with van der Waals surface area (Å²) in [6, 6.07) is 21.0. The molecular weight excluding hydrogens is 404 g/mol. The van der Waals surface area contributed by atoms with E-state index in [-0.39, 0.29) is 21.7 Å². The molecule has 0 fully saturated rings. The number of carbonyl (C=O) groups is 2. The van der Waals surface area contributed by atoms with E-state index in [4.69, 9.17) is 0 Å². The second kappa shape index (κ2) is 9.23. The molecule has 0 saturated carbocycles. The number of methoxy groups -OCH3 is 1. The Morgan fingerprint density at radius 3 is 2.17 bits per heavy atom. The first-order valence-electron chi connectivity index (χ1n) is 9.03. The smallest absolute Gasteiger partial charge is 0.337 e. The Balaban J connectivity index is 1.78. The maximum absolute atomic E-state index is 12.7. The summed E-state index contributed by atoms with van der Waals surface area (Å²) in [5.41, 5.74) is 1.51. The summed E-state index contributed by atoms with van der Waals surface area (Å²) in [6.45, 7) is 0.315. The molecule has 0 spiro atoms. The normalized spacial score (nSPS) is 10.8. The third kappa shape index (κ3) is 5.03. The molecule has 0 atom stereocenters. The van der Waals surface area contributed by atoms with Crippen molar-refractivity contribution in [3.63, 3.8) is 0 Å². The van der Waals surface area contributed by atoms with Crippen molar-refractivity contribution >= 4 is 27.6 Å². The quantitative estimate of drug-likeness (QED) is 0.567. The SMILES string of the molecule is COC(=O)c1ccc(S(=O)(=O)Nc2ccccc2C(=O)NCc2ccccc2)cc1. The molecule has 1 amide bonds. The lowest BCUT2D eigenvalue weighted by Crippen LogP contribution is -2.25. The molecule has 3 rings (SSSR count). The van der Waals surface area contributed by atoms with E-state index in [1.54, 1.807) is 18.2 Å². The van der Waals surface area contributed by atoms with Gasteiger partial charge in [-0.25, -0.2) is 13.2 Å². The van der Waals surface area contributed by atoms with Gasteiger partial charge in [0.05, 0.1) is 28.8 Å². The van der Waals surface area contributed by atoms with E-state index in [9.17, 15) is 18.0 Å². The summed E-state index contributed by atoms with van der Waals surface area (Å²) in [5.74, 6) is -0.967. The van der Waals surface area contributed by atoms with Crippen molar-refractivity contribution in [1.82, 2.24) is 5.32 Å². The molecule has 0 aliphatic rings. The topological polar surface area (TPSA) is 102 Å². The van der Waals surface area contributed by atoms with E-state index in [2.05, 4.69) is 14.8 Å². The van der Waals surface area contributed by atoms with Crippen LogP contribution in [0, 0.1) is 0 Å². The van der Waals surface area contributed by atoms with Gasteiger partial charge < -0.3 is 10.1 Å². The average Bonchev–Trinajstić information content (AvgIpc) is 2.78. The third-order valence-electron chi connectivity index (χ3n) is 4.30. The lowest BCUT2D eigenvalue weighted by molar-refractivity contribution is 0.0600. The van der Waals surface area contributed by atoms with E-state index in [1.807, 2.05) is 30.3 Å². The number of amides is 1. The van der Waals surface area contributed by atoms with Crippen LogP contribution in [-0.4, -0.2) is 27.4 Å². The molecule has 8 heteroatoms. The van der Waals surface area contributed by atoms with Crippen LogP contribution in [0.15, 0.2) is 83.8 Å². The summed E-state index contributed by atoms with van der Waals surface area (Å²) in [6.07, 6.45) is 0. The predicted octanol–water partition coefficient (Wildman–Crippen LogP) is 3.20. The van der Waals surface area contributed by atoms with E-state index in [0.29, 0.717) is 6.54 Å². The van der Waals surface area contributed by atoms with Crippen LogP contribution in [0.1, 0.15) is 26.3 Å². The Kier molecular flexibility index (Phi) is 6.48. The van der Waals surface area contributed by atoms with Crippen LogP contribution in [0.5, 0.6) is 0 Å². The highest BCUT2D eigenvalue weighted by molar-refractivity contribution is 7.92. The fraction of sp³-hybridized carbons (Fsp3) is 0.0909. The molecule has 0 aliphatic heterocycles. The van der Waals surface area contributed by atoms with Gasteiger partial charge in [-0.3, -0.25) is 9.52 Å². The molecule has 3 aromatic rings. The molecule has 0 radical (unpaired) electrons. The number of sulfonamides is 1. The minimum Gasteiger partial charge on any atom is -0.465 e. The molecular formula is C22H20N2O5S. The number of hydrogen-bond acceptors (Lipinski definition) is 5. The van der Waals surface area contributed by atoms with Gasteiger partial charge in [0.1, 0.15) is 0 Å². The Morgan fingerprint density at radius 1 is 0.867 bits per heavy atom. The van der Waals surface area contributed by atoms with Gasteiger partial charge in [-0.05, 0) is 42.0 Å². The van der Waals surface area contributed by atoms with Gasteiger partial charge in [0.15, 0.2) is 0 Å². The Bertz CT molecular complexity index is 1140. The number of anilines is 1. The zero-order chi connectivity index (χ0) is 21.6. The number of hydrogen-bond donors (Lipinski definition) is 2. The van der Waals surface area contributed by atoms with Crippen molar-refractivity contribution in [3.05, 3.63) is 95.6 Å². The number of ether oxygens (including phenoxy) is 1. The van der Waals surface area contributed by atoms with Crippen LogP contribution in [0.3, 0.4) is 0 Å². The molecule has 0 bridgehead atoms. The Morgan fingerprint density at radius 2 is 1.50 bits per heavy atom. The first kappa shape index (κ1) is 21.1. The van der Waals surface area contributed by atoms with E-state index in [0.717, 1.165) is 5.56 Å². The van der Waals surface area contributed by atoms with Gasteiger partial charge in [0.2, 0.25) is 0 Å². The second-order valence-corrected chi connectivity index (χ2v) is 8.02. The molecule has 3 aromatic carbocycles. The average molecular weight is 424 g/mol. The molecule has 7 nitrogen and oxygen atoms in total. The van der Waals surface area contributed by atoms with Gasteiger partial charge in [-0.15, -0.1) is 0 Å². The third-order valence-corrected chi connectivity index (χ3v) is 5.68. The summed E-state index contributed by atoms with van der Waals surface area (Å²) in [5, 5.41) is 2.78. The summed E-state index contributed by atoms with van der Waals surface area (Å²) < 4.78 is 32.5. The van der Waals surface area contributed by atoms with Crippen LogP contribution in [0.2, 0.25) is 0 Å². The van der Waals surface area contributed by atoms with E-state index in [1.165, 1.54) is 37.4 Å². The van der Waals surface area contributed by atoms with Crippen molar-refractivity contribution < 1.29 is 22.7 Å². The van der Waals surface area contributed by atoms with Crippen LogP contribution in [0.4, 0.5) is 5.69 Å². The number of nitrogens with one attached hydrogen (secondary N) is 2. The fourth-order valence-electron chi connectivity index (χ4n) is 2.74. The van der Waals surface area contributed by atoms with E-state index >= 15 is 0 Å². The van der Waals surface area contributed by atoms with Crippen LogP contribution in [0.25, 0.3) is 0 Å². The minimum absolute atomic E-state index is 0.0466. The molecule has 0 heterocycles. The number of para-hydroxylation sites is 1. The Labute approximate surface area is 174 Å². The second-order valence-electron chi connectivity index (χ2n) is 6.34. The van der Waals surface area contributed by atoms with Gasteiger partial charge in [0.25, 0.3) is 15.9 Å². The van der Waals surface area contributed by atoms with Crippen molar-refractivity contribution in [2.24, 2.45) is 0 Å². The first-order valence-corrected chi connectivity index (χ1v) is 10.5. The maximum atomic E-state index is 12.7. The summed E-state index contributed by atoms with van der Waals surface area (Å²) >= 11 is 0. The van der Waals surface area contributed by atoms with Gasteiger partial charge in [-0.1, -0.05) is 42.5 Å². The summed E-state index contributed by atoms with van der Waals surface area (Å²) in [7, 11) is -2.72. The molecule has 0 saturated heterocycles. The van der Waals surface area contributed by atoms with Crippen LogP contribution in [-0.2, 0) is 21.3 Å². The molecule has 0 unspecified atom stereocenters. The lowest BCUT2D eigenvalue weighted by Gasteiger charge is -2.13. The van der Waals surface area contributed by atoms with Gasteiger partial charge in [-0.2, -0.15) is 0 Å². The molecule has 154 valence electrons. The highest BCUT2D eigenvalue weighted by Gasteiger charge is 2.19. The molecule has 0 aliphatic carbocycles. The number of rotatable bonds is 7. The molecule has 0 aromatic heterocycles. The highest BCUT2D eigenvalue weighted by atomic mass is 32.2.